The number of hydrogen-bond acceptors (Lipinski definition) is 5. The summed E-state index contributed by atoms with van der Waals surface area (Å²) >= 11 is 0. The second kappa shape index (κ2) is 9.56. The fourth-order valence-corrected chi connectivity index (χ4v) is 2.92. The number of rotatable bonds is 7. The summed E-state index contributed by atoms with van der Waals surface area (Å²) in [4.78, 5) is 23.7. The molecule has 0 fully saturated rings. The van der Waals surface area contributed by atoms with Gasteiger partial charge >= 0.3 is 11.9 Å². The van der Waals surface area contributed by atoms with Gasteiger partial charge in [-0.2, -0.15) is 5.26 Å². The SMILES string of the molecule is CCCn1c(C)cc(/C=C(/C#N)C(=O)OCc2ccc(C(=O)OC)cc2)c1C. The minimum atomic E-state index is -0.681. The van der Waals surface area contributed by atoms with Gasteiger partial charge in [-0.3, -0.25) is 0 Å². The number of esters is 2. The van der Waals surface area contributed by atoms with Gasteiger partial charge in [-0.1, -0.05) is 19.1 Å². The molecule has 0 aliphatic rings. The Morgan fingerprint density at radius 3 is 2.46 bits per heavy atom. The molecule has 1 aromatic heterocycles. The number of aryl methyl sites for hydroxylation is 1. The van der Waals surface area contributed by atoms with Crippen molar-refractivity contribution in [2.24, 2.45) is 0 Å². The molecule has 2 aromatic rings. The Bertz CT molecular complexity index is 931. The summed E-state index contributed by atoms with van der Waals surface area (Å²) in [6.07, 6.45) is 2.57. The molecule has 0 radical (unpaired) electrons. The number of carbonyl (C=O) groups excluding carboxylic acids is 2. The van der Waals surface area contributed by atoms with Crippen molar-refractivity contribution in [3.8, 4) is 6.07 Å². The first kappa shape index (κ1) is 21.0. The third kappa shape index (κ3) is 4.89. The first-order valence-corrected chi connectivity index (χ1v) is 9.04. The average Bonchev–Trinajstić information content (AvgIpc) is 2.97. The van der Waals surface area contributed by atoms with Crippen molar-refractivity contribution in [3.05, 3.63) is 64.0 Å². The van der Waals surface area contributed by atoms with Crippen LogP contribution >= 0.6 is 0 Å². The number of ether oxygens (including phenoxy) is 2. The highest BCUT2D eigenvalue weighted by atomic mass is 16.5. The van der Waals surface area contributed by atoms with Crippen molar-refractivity contribution in [3.63, 3.8) is 0 Å². The third-order valence-electron chi connectivity index (χ3n) is 4.45. The van der Waals surface area contributed by atoms with Crippen LogP contribution in [0.2, 0.25) is 0 Å². The number of nitriles is 1. The van der Waals surface area contributed by atoms with Crippen LogP contribution in [0.4, 0.5) is 0 Å². The van der Waals surface area contributed by atoms with E-state index >= 15 is 0 Å². The zero-order chi connectivity index (χ0) is 20.7. The molecular weight excluding hydrogens is 356 g/mol. The predicted octanol–water partition coefficient (Wildman–Crippen LogP) is 3.95. The van der Waals surface area contributed by atoms with Crippen molar-refractivity contribution in [2.45, 2.75) is 40.3 Å². The normalized spacial score (nSPS) is 11.0. The van der Waals surface area contributed by atoms with E-state index in [2.05, 4.69) is 16.2 Å². The quantitative estimate of drug-likeness (QED) is 0.413. The summed E-state index contributed by atoms with van der Waals surface area (Å²) in [5.74, 6) is -1.11. The van der Waals surface area contributed by atoms with Crippen molar-refractivity contribution in [1.82, 2.24) is 4.57 Å². The number of carbonyl (C=O) groups is 2. The van der Waals surface area contributed by atoms with Crippen LogP contribution in [0, 0.1) is 25.2 Å². The molecule has 0 saturated carbocycles. The number of hydrogen-bond donors (Lipinski definition) is 0. The second-order valence-electron chi connectivity index (χ2n) is 6.41. The third-order valence-corrected chi connectivity index (χ3v) is 4.45. The fourth-order valence-electron chi connectivity index (χ4n) is 2.92. The van der Waals surface area contributed by atoms with Gasteiger partial charge < -0.3 is 14.0 Å². The number of nitrogens with zero attached hydrogens (tertiary/aromatic N) is 2. The van der Waals surface area contributed by atoms with Gasteiger partial charge in [-0.15, -0.1) is 0 Å². The van der Waals surface area contributed by atoms with Crippen LogP contribution in [0.3, 0.4) is 0 Å². The van der Waals surface area contributed by atoms with Crippen LogP contribution in [0.25, 0.3) is 6.08 Å². The molecule has 0 aliphatic carbocycles. The molecule has 0 atom stereocenters. The second-order valence-corrected chi connectivity index (χ2v) is 6.41. The van der Waals surface area contributed by atoms with Crippen LogP contribution in [-0.2, 0) is 27.4 Å². The predicted molar refractivity (Wildman–Crippen MR) is 105 cm³/mol. The van der Waals surface area contributed by atoms with Crippen LogP contribution in [0.5, 0.6) is 0 Å². The molecule has 2 rings (SSSR count). The molecule has 0 amide bonds. The van der Waals surface area contributed by atoms with Gasteiger partial charge in [0, 0.05) is 17.9 Å². The molecule has 0 bridgehead atoms. The molecule has 0 N–H and O–H groups in total. The first-order valence-electron chi connectivity index (χ1n) is 9.04. The number of benzene rings is 1. The van der Waals surface area contributed by atoms with E-state index in [0.29, 0.717) is 11.1 Å². The maximum Gasteiger partial charge on any atom is 0.349 e. The van der Waals surface area contributed by atoms with E-state index < -0.39 is 11.9 Å². The molecule has 1 heterocycles. The van der Waals surface area contributed by atoms with Crippen molar-refractivity contribution >= 4 is 18.0 Å². The zero-order valence-corrected chi connectivity index (χ0v) is 16.6. The summed E-state index contributed by atoms with van der Waals surface area (Å²) < 4.78 is 12.1. The Morgan fingerprint density at radius 2 is 1.89 bits per heavy atom. The van der Waals surface area contributed by atoms with Gasteiger partial charge in [0.25, 0.3) is 0 Å². The standard InChI is InChI=1S/C22H24N2O4/c1-5-10-24-15(2)11-19(16(24)3)12-20(13-23)22(26)28-14-17-6-8-18(9-7-17)21(25)27-4/h6-9,11-12H,5,10,14H2,1-4H3/b20-12-. The van der Waals surface area contributed by atoms with Crippen LogP contribution in [-0.4, -0.2) is 23.6 Å². The van der Waals surface area contributed by atoms with E-state index in [1.807, 2.05) is 26.0 Å². The van der Waals surface area contributed by atoms with Crippen molar-refractivity contribution < 1.29 is 19.1 Å². The molecule has 146 valence electrons. The largest absolute Gasteiger partial charge is 0.465 e. The van der Waals surface area contributed by atoms with E-state index in [1.54, 1.807) is 30.3 Å². The van der Waals surface area contributed by atoms with Gasteiger partial charge in [-0.25, -0.2) is 9.59 Å². The summed E-state index contributed by atoms with van der Waals surface area (Å²) in [6.45, 7) is 6.97. The Morgan fingerprint density at radius 1 is 1.21 bits per heavy atom. The molecule has 0 unspecified atom stereocenters. The van der Waals surface area contributed by atoms with Gasteiger partial charge in [0.2, 0.25) is 0 Å². The minimum absolute atomic E-state index is 0.00810. The summed E-state index contributed by atoms with van der Waals surface area (Å²) in [5, 5.41) is 9.37. The molecule has 6 nitrogen and oxygen atoms in total. The van der Waals surface area contributed by atoms with Crippen molar-refractivity contribution in [1.29, 1.82) is 5.26 Å². The number of aromatic nitrogens is 1. The van der Waals surface area contributed by atoms with Gasteiger partial charge in [0.05, 0.1) is 12.7 Å². The lowest BCUT2D eigenvalue weighted by Crippen LogP contribution is -2.07. The van der Waals surface area contributed by atoms with Gasteiger partial charge in [-0.05, 0) is 55.7 Å². The van der Waals surface area contributed by atoms with E-state index in [4.69, 9.17) is 4.74 Å². The van der Waals surface area contributed by atoms with Gasteiger partial charge in [0.15, 0.2) is 0 Å². The maximum atomic E-state index is 12.3. The Hall–Kier alpha value is -3.33. The molecule has 0 aliphatic heterocycles. The lowest BCUT2D eigenvalue weighted by molar-refractivity contribution is -0.139. The van der Waals surface area contributed by atoms with E-state index in [9.17, 15) is 14.9 Å². The fraction of sp³-hybridized carbons (Fsp3) is 0.318. The molecule has 28 heavy (non-hydrogen) atoms. The summed E-state index contributed by atoms with van der Waals surface area (Å²) in [7, 11) is 1.31. The van der Waals surface area contributed by atoms with E-state index in [-0.39, 0.29) is 12.2 Å². The van der Waals surface area contributed by atoms with Crippen LogP contribution < -0.4 is 0 Å². The molecule has 6 heteroatoms. The Balaban J connectivity index is 2.10. The highest BCUT2D eigenvalue weighted by Gasteiger charge is 2.14. The zero-order valence-electron chi connectivity index (χ0n) is 16.6. The first-order chi connectivity index (χ1) is 13.4. The Labute approximate surface area is 165 Å². The van der Waals surface area contributed by atoms with Gasteiger partial charge in [0.1, 0.15) is 18.2 Å². The topological polar surface area (TPSA) is 81.3 Å². The molecule has 0 saturated heterocycles. The van der Waals surface area contributed by atoms with Crippen molar-refractivity contribution in [2.75, 3.05) is 7.11 Å². The monoisotopic (exact) mass is 380 g/mol. The maximum absolute atomic E-state index is 12.3. The van der Waals surface area contributed by atoms with E-state index in [1.165, 1.54) is 7.11 Å². The highest BCUT2D eigenvalue weighted by Crippen LogP contribution is 2.19. The molecule has 0 spiro atoms. The minimum Gasteiger partial charge on any atom is -0.465 e. The summed E-state index contributed by atoms with van der Waals surface area (Å²) in [5.41, 5.74) is 4.00. The molecule has 1 aromatic carbocycles. The lowest BCUT2D eigenvalue weighted by Gasteiger charge is -2.07. The average molecular weight is 380 g/mol. The molecular formula is C22H24N2O4. The lowest BCUT2D eigenvalue weighted by atomic mass is 10.1. The number of methoxy groups -OCH3 is 1. The Kier molecular flexibility index (Phi) is 7.16. The smallest absolute Gasteiger partial charge is 0.349 e. The van der Waals surface area contributed by atoms with Crippen LogP contribution in [0.15, 0.2) is 35.9 Å². The van der Waals surface area contributed by atoms with Crippen LogP contribution in [0.1, 0.15) is 46.2 Å². The summed E-state index contributed by atoms with van der Waals surface area (Å²) in [6, 6.07) is 10.4. The highest BCUT2D eigenvalue weighted by molar-refractivity contribution is 5.98. The van der Waals surface area contributed by atoms with E-state index in [0.717, 1.165) is 29.9 Å².